The van der Waals surface area contributed by atoms with Crippen LogP contribution < -0.4 is 25.9 Å². The summed E-state index contributed by atoms with van der Waals surface area (Å²) in [6.07, 6.45) is 0.0571. The maximum atomic E-state index is 6.06. The van der Waals surface area contributed by atoms with Crippen molar-refractivity contribution < 1.29 is 25.9 Å². The molecule has 1 atom stereocenters. The minimum absolute atomic E-state index is 0.0571. The first-order valence-electron chi connectivity index (χ1n) is 7.43. The molecule has 0 amide bonds. The Morgan fingerprint density at radius 3 is 2.04 bits per heavy atom. The highest BCUT2D eigenvalue weighted by Gasteiger charge is 2.15. The largest absolute Gasteiger partial charge is 0.486 e. The van der Waals surface area contributed by atoms with Crippen LogP contribution in [0, 0.1) is 10.7 Å². The van der Waals surface area contributed by atoms with Gasteiger partial charge in [-0.05, 0) is 83.6 Å². The number of halogens is 2. The van der Waals surface area contributed by atoms with E-state index in [9.17, 15) is 0 Å². The van der Waals surface area contributed by atoms with E-state index in [1.54, 1.807) is 0 Å². The van der Waals surface area contributed by atoms with Crippen LogP contribution in [-0.4, -0.2) is 0 Å². The molecule has 0 N–H and O–H groups in total. The Morgan fingerprint density at radius 1 is 0.783 bits per heavy atom. The van der Waals surface area contributed by atoms with Gasteiger partial charge in [0.2, 0.25) is 0 Å². The number of ether oxygens (including phenoxy) is 1. The summed E-state index contributed by atoms with van der Waals surface area (Å²) in [5, 5.41) is 0. The summed E-state index contributed by atoms with van der Waals surface area (Å²) >= 11 is 2.21. The van der Waals surface area contributed by atoms with Crippen LogP contribution in [0.1, 0.15) is 18.6 Å². The van der Waals surface area contributed by atoms with Gasteiger partial charge in [0, 0.05) is 3.57 Å². The molecule has 0 aliphatic heterocycles. The number of hydrogen-bond acceptors (Lipinski definition) is 1. The first kappa shape index (κ1) is 16.8. The summed E-state index contributed by atoms with van der Waals surface area (Å²) in [5.74, 6) is 0.928. The molecule has 0 aliphatic rings. The average molecular weight is 527 g/mol. The second-order valence-corrected chi connectivity index (χ2v) is 9.43. The standard InChI is InChI=1S/C20H17I2O/c1-15(16-7-9-17(21)10-8-16)23-20-13-11-19(12-14-20)22-18-5-3-2-4-6-18/h2-15H,1H3/q+1. The van der Waals surface area contributed by atoms with Gasteiger partial charge in [-0.2, -0.15) is 0 Å². The smallest absolute Gasteiger partial charge is 0.357 e. The highest BCUT2D eigenvalue weighted by Crippen LogP contribution is 2.21. The molecular formula is C20H17I2O+. The first-order valence-corrected chi connectivity index (χ1v) is 10.7. The molecule has 0 spiro atoms. The van der Waals surface area contributed by atoms with Crippen molar-refractivity contribution in [2.45, 2.75) is 13.0 Å². The van der Waals surface area contributed by atoms with Gasteiger partial charge in [-0.3, -0.25) is 0 Å². The first-order chi connectivity index (χ1) is 11.2. The normalized spacial score (nSPS) is 11.9. The summed E-state index contributed by atoms with van der Waals surface area (Å²) in [7, 11) is 0. The van der Waals surface area contributed by atoms with E-state index in [0.29, 0.717) is 0 Å². The van der Waals surface area contributed by atoms with Gasteiger partial charge in [-0.15, -0.1) is 0 Å². The monoisotopic (exact) mass is 527 g/mol. The molecule has 3 aromatic rings. The molecule has 0 heterocycles. The third-order valence-corrected chi connectivity index (χ3v) is 6.82. The van der Waals surface area contributed by atoms with Gasteiger partial charge in [0.1, 0.15) is 11.9 Å². The van der Waals surface area contributed by atoms with Crippen LogP contribution in [0.4, 0.5) is 0 Å². The summed E-state index contributed by atoms with van der Waals surface area (Å²) in [6, 6.07) is 27.7. The zero-order chi connectivity index (χ0) is 16.1. The van der Waals surface area contributed by atoms with E-state index >= 15 is 0 Å². The van der Waals surface area contributed by atoms with Crippen LogP contribution in [0.3, 0.4) is 0 Å². The Bertz CT molecular complexity index is 737. The molecule has 3 aromatic carbocycles. The van der Waals surface area contributed by atoms with E-state index in [2.05, 4.69) is 108 Å². The van der Waals surface area contributed by atoms with Crippen molar-refractivity contribution in [3.8, 4) is 5.75 Å². The fourth-order valence-electron chi connectivity index (χ4n) is 2.19. The van der Waals surface area contributed by atoms with E-state index in [0.717, 1.165) is 5.75 Å². The van der Waals surface area contributed by atoms with Gasteiger partial charge in [-0.25, -0.2) is 0 Å². The van der Waals surface area contributed by atoms with Crippen LogP contribution in [0.25, 0.3) is 0 Å². The molecular weight excluding hydrogens is 510 g/mol. The molecule has 0 fully saturated rings. The molecule has 0 saturated heterocycles. The lowest BCUT2D eigenvalue weighted by molar-refractivity contribution is -0.597. The quantitative estimate of drug-likeness (QED) is 0.464. The van der Waals surface area contributed by atoms with Crippen LogP contribution in [0.2, 0.25) is 0 Å². The molecule has 0 radical (unpaired) electrons. The highest BCUT2D eigenvalue weighted by atomic mass is 127. The minimum atomic E-state index is -0.110. The Balaban J connectivity index is 1.64. The van der Waals surface area contributed by atoms with Crippen LogP contribution in [0.15, 0.2) is 78.9 Å². The Morgan fingerprint density at radius 2 is 1.39 bits per heavy atom. The van der Waals surface area contributed by atoms with Crippen molar-refractivity contribution in [1.29, 1.82) is 0 Å². The lowest BCUT2D eigenvalue weighted by atomic mass is 10.1. The van der Waals surface area contributed by atoms with Crippen molar-refractivity contribution in [2.24, 2.45) is 0 Å². The molecule has 23 heavy (non-hydrogen) atoms. The van der Waals surface area contributed by atoms with Gasteiger partial charge in [-0.1, -0.05) is 30.3 Å². The highest BCUT2D eigenvalue weighted by molar-refractivity contribution is 14.1. The van der Waals surface area contributed by atoms with Crippen molar-refractivity contribution in [3.63, 3.8) is 0 Å². The van der Waals surface area contributed by atoms with Crippen molar-refractivity contribution in [3.05, 3.63) is 95.1 Å². The molecule has 0 bridgehead atoms. The zero-order valence-corrected chi connectivity index (χ0v) is 17.1. The van der Waals surface area contributed by atoms with Gasteiger partial charge in [0.25, 0.3) is 0 Å². The predicted molar refractivity (Wildman–Crippen MR) is 98.5 cm³/mol. The van der Waals surface area contributed by atoms with Gasteiger partial charge >= 0.3 is 21.2 Å². The second-order valence-electron chi connectivity index (χ2n) is 5.16. The Labute approximate surface area is 161 Å². The van der Waals surface area contributed by atoms with Gasteiger partial charge in [0.15, 0.2) is 7.14 Å². The lowest BCUT2D eigenvalue weighted by Crippen LogP contribution is -3.61. The molecule has 3 rings (SSSR count). The second kappa shape index (κ2) is 8.15. The van der Waals surface area contributed by atoms with E-state index in [1.807, 2.05) is 0 Å². The summed E-state index contributed by atoms with van der Waals surface area (Å²) in [4.78, 5) is 0. The molecule has 0 aromatic heterocycles. The zero-order valence-electron chi connectivity index (χ0n) is 12.7. The topological polar surface area (TPSA) is 9.23 Å². The van der Waals surface area contributed by atoms with Crippen molar-refractivity contribution >= 4 is 22.6 Å². The van der Waals surface area contributed by atoms with Crippen molar-refractivity contribution in [2.75, 3.05) is 0 Å². The van der Waals surface area contributed by atoms with Crippen LogP contribution >= 0.6 is 22.6 Å². The number of hydrogen-bond donors (Lipinski definition) is 0. The summed E-state index contributed by atoms with van der Waals surface area (Å²) in [5.41, 5.74) is 1.20. The number of benzene rings is 3. The van der Waals surface area contributed by atoms with Gasteiger partial charge < -0.3 is 4.74 Å². The molecule has 0 aliphatic carbocycles. The van der Waals surface area contributed by atoms with E-state index < -0.39 is 0 Å². The van der Waals surface area contributed by atoms with E-state index in [1.165, 1.54) is 16.3 Å². The molecule has 116 valence electrons. The van der Waals surface area contributed by atoms with E-state index in [-0.39, 0.29) is 27.3 Å². The third kappa shape index (κ3) is 4.94. The van der Waals surface area contributed by atoms with Crippen LogP contribution in [-0.2, 0) is 0 Å². The maximum Gasteiger partial charge on any atom is 0.357 e. The van der Waals surface area contributed by atoms with E-state index in [4.69, 9.17) is 4.74 Å². The fourth-order valence-corrected chi connectivity index (χ4v) is 4.76. The molecule has 1 unspecified atom stereocenters. The average Bonchev–Trinajstić information content (AvgIpc) is 2.58. The Kier molecular flexibility index (Phi) is 5.94. The SMILES string of the molecule is CC(Oc1ccc([I+]c2ccccc2)cc1)c1ccc(I)cc1. The molecule has 1 nitrogen and oxygen atoms in total. The maximum absolute atomic E-state index is 6.06. The molecule has 0 saturated carbocycles. The van der Waals surface area contributed by atoms with Crippen LogP contribution in [0.5, 0.6) is 5.75 Å². The summed E-state index contributed by atoms with van der Waals surface area (Å²) in [6.45, 7) is 2.09. The third-order valence-electron chi connectivity index (χ3n) is 3.42. The Hall–Kier alpha value is -1.08. The summed E-state index contributed by atoms with van der Waals surface area (Å²) < 4.78 is 10.1. The number of rotatable bonds is 5. The molecule has 3 heteroatoms. The minimum Gasteiger partial charge on any atom is -0.486 e. The predicted octanol–water partition coefficient (Wildman–Crippen LogP) is 2.56. The lowest BCUT2D eigenvalue weighted by Gasteiger charge is -2.15. The fraction of sp³-hybridized carbons (Fsp3) is 0.100. The van der Waals surface area contributed by atoms with Gasteiger partial charge in [0.05, 0.1) is 0 Å². The van der Waals surface area contributed by atoms with Crippen molar-refractivity contribution in [1.82, 2.24) is 0 Å².